The fourth-order valence-electron chi connectivity index (χ4n) is 4.74. The van der Waals surface area contributed by atoms with Crippen molar-refractivity contribution in [3.8, 4) is 0 Å². The zero-order valence-electron chi connectivity index (χ0n) is 19.6. The molecule has 0 bridgehead atoms. The summed E-state index contributed by atoms with van der Waals surface area (Å²) >= 11 is 0. The van der Waals surface area contributed by atoms with E-state index in [9.17, 15) is 19.5 Å². The lowest BCUT2D eigenvalue weighted by Crippen LogP contribution is -2.57. The van der Waals surface area contributed by atoms with Gasteiger partial charge in [0.25, 0.3) is 0 Å². The number of nitrogens with zero attached hydrogens (tertiary/aromatic N) is 3. The molecule has 2 amide bonds. The number of likely N-dealkylation sites (tertiary alicyclic amines) is 1. The Morgan fingerprint density at radius 1 is 1.09 bits per heavy atom. The first-order valence-corrected chi connectivity index (χ1v) is 11.7. The van der Waals surface area contributed by atoms with Gasteiger partial charge in [-0.15, -0.1) is 0 Å². The summed E-state index contributed by atoms with van der Waals surface area (Å²) < 4.78 is 5.45. The minimum absolute atomic E-state index is 0.00558. The maximum absolute atomic E-state index is 13.8. The van der Waals surface area contributed by atoms with Crippen LogP contribution in [0, 0.1) is 0 Å². The summed E-state index contributed by atoms with van der Waals surface area (Å²) in [5.74, 6) is -0.374. The van der Waals surface area contributed by atoms with Gasteiger partial charge < -0.3 is 24.5 Å². The van der Waals surface area contributed by atoms with Crippen molar-refractivity contribution in [3.63, 3.8) is 0 Å². The molecule has 0 aromatic heterocycles. The minimum atomic E-state index is -0.954. The maximum Gasteiger partial charge on any atom is 0.407 e. The first kappa shape index (κ1) is 23.6. The first-order valence-electron chi connectivity index (χ1n) is 11.7. The van der Waals surface area contributed by atoms with Crippen LogP contribution in [0.4, 0.5) is 10.5 Å². The van der Waals surface area contributed by atoms with Crippen molar-refractivity contribution >= 4 is 23.7 Å². The van der Waals surface area contributed by atoms with Crippen molar-refractivity contribution in [1.29, 1.82) is 0 Å². The number of carboxylic acid groups (broad SMARTS) is 1. The summed E-state index contributed by atoms with van der Waals surface area (Å²) in [6.45, 7) is 5.21. The fourth-order valence-corrected chi connectivity index (χ4v) is 4.74. The molecule has 2 aliphatic rings. The highest BCUT2D eigenvalue weighted by molar-refractivity contribution is 5.94. The number of carbonyl (C=O) groups excluding carboxylic acids is 2. The van der Waals surface area contributed by atoms with Crippen LogP contribution in [0.5, 0.6) is 0 Å². The van der Waals surface area contributed by atoms with E-state index in [0.29, 0.717) is 44.7 Å². The number of anilines is 1. The third kappa shape index (κ3) is 4.58. The Hall–Kier alpha value is -3.55. The zero-order chi connectivity index (χ0) is 24.3. The van der Waals surface area contributed by atoms with Gasteiger partial charge in [0.05, 0.1) is 18.3 Å². The van der Waals surface area contributed by atoms with Crippen LogP contribution >= 0.6 is 0 Å². The quantitative estimate of drug-likeness (QED) is 0.650. The molecule has 1 spiro atoms. The second-order valence-electron chi connectivity index (χ2n) is 9.03. The van der Waals surface area contributed by atoms with Crippen molar-refractivity contribution in [2.24, 2.45) is 0 Å². The number of para-hydroxylation sites is 1. The topological polar surface area (TPSA) is 90.4 Å². The Morgan fingerprint density at radius 3 is 2.44 bits per heavy atom. The lowest BCUT2D eigenvalue weighted by molar-refractivity contribution is -0.134. The number of amides is 2. The van der Waals surface area contributed by atoms with Crippen LogP contribution in [0.25, 0.3) is 0 Å². The molecule has 1 atom stereocenters. The molecule has 2 aromatic carbocycles. The molecule has 180 valence electrons. The number of carbonyl (C=O) groups is 3. The Balaban J connectivity index is 1.57. The normalized spacial score (nSPS) is 18.3. The van der Waals surface area contributed by atoms with Crippen molar-refractivity contribution in [2.45, 2.75) is 51.3 Å². The maximum atomic E-state index is 13.8. The van der Waals surface area contributed by atoms with Gasteiger partial charge in [-0.3, -0.25) is 4.79 Å². The molecule has 4 rings (SSSR count). The van der Waals surface area contributed by atoms with E-state index in [-0.39, 0.29) is 18.0 Å². The number of piperidine rings is 1. The molecular weight excluding hydrogens is 434 g/mol. The molecule has 8 nitrogen and oxygen atoms in total. The average Bonchev–Trinajstić information content (AvgIpc) is 3.11. The predicted molar refractivity (Wildman–Crippen MR) is 128 cm³/mol. The zero-order valence-corrected chi connectivity index (χ0v) is 19.6. The summed E-state index contributed by atoms with van der Waals surface area (Å²) in [5.41, 5.74) is 1.47. The molecule has 2 aromatic rings. The van der Waals surface area contributed by atoms with E-state index < -0.39 is 11.6 Å². The molecule has 2 fully saturated rings. The highest BCUT2D eigenvalue weighted by Crippen LogP contribution is 2.40. The van der Waals surface area contributed by atoms with E-state index in [1.54, 1.807) is 23.1 Å². The second kappa shape index (κ2) is 9.75. The molecule has 0 saturated carbocycles. The Labute approximate surface area is 199 Å². The van der Waals surface area contributed by atoms with E-state index in [0.717, 1.165) is 17.7 Å². The van der Waals surface area contributed by atoms with Gasteiger partial charge in [0.15, 0.2) is 0 Å². The van der Waals surface area contributed by atoms with Gasteiger partial charge in [0.2, 0.25) is 5.91 Å². The summed E-state index contributed by atoms with van der Waals surface area (Å²) in [6, 6.07) is 17.0. The molecule has 1 N–H and O–H groups in total. The van der Waals surface area contributed by atoms with Crippen LogP contribution in [0.15, 0.2) is 54.6 Å². The predicted octanol–water partition coefficient (Wildman–Crippen LogP) is 3.96. The Morgan fingerprint density at radius 2 is 1.79 bits per heavy atom. The van der Waals surface area contributed by atoms with Gasteiger partial charge in [-0.05, 0) is 56.0 Å². The smallest absolute Gasteiger partial charge is 0.407 e. The number of esters is 1. The lowest BCUT2D eigenvalue weighted by atomic mass is 9.85. The third-order valence-electron chi connectivity index (χ3n) is 6.86. The number of rotatable bonds is 6. The van der Waals surface area contributed by atoms with Crippen LogP contribution in [-0.2, 0) is 16.1 Å². The number of hydrogen-bond acceptors (Lipinski definition) is 5. The van der Waals surface area contributed by atoms with Gasteiger partial charge in [-0.1, -0.05) is 37.3 Å². The highest BCUT2D eigenvalue weighted by Gasteiger charge is 2.54. The van der Waals surface area contributed by atoms with E-state index in [1.807, 2.05) is 50.2 Å². The molecule has 2 saturated heterocycles. The fraction of sp³-hybridized carbons (Fsp3) is 0.423. The largest absolute Gasteiger partial charge is 0.465 e. The van der Waals surface area contributed by atoms with Crippen LogP contribution < -0.4 is 4.90 Å². The van der Waals surface area contributed by atoms with Crippen molar-refractivity contribution in [1.82, 2.24) is 9.80 Å². The van der Waals surface area contributed by atoms with Gasteiger partial charge >= 0.3 is 12.1 Å². The van der Waals surface area contributed by atoms with Gasteiger partial charge in [0.1, 0.15) is 5.54 Å². The van der Waals surface area contributed by atoms with Gasteiger partial charge in [-0.25, -0.2) is 9.59 Å². The number of benzene rings is 2. The molecule has 1 unspecified atom stereocenters. The van der Waals surface area contributed by atoms with E-state index in [1.165, 1.54) is 4.90 Å². The molecule has 2 aliphatic heterocycles. The minimum Gasteiger partial charge on any atom is -0.465 e. The number of ether oxygens (including phenoxy) is 1. The summed E-state index contributed by atoms with van der Waals surface area (Å²) in [5, 5.41) is 9.39. The van der Waals surface area contributed by atoms with E-state index >= 15 is 0 Å². The van der Waals surface area contributed by atoms with Gasteiger partial charge in [-0.2, -0.15) is 0 Å². The van der Waals surface area contributed by atoms with E-state index in [2.05, 4.69) is 4.90 Å². The Bertz CT molecular complexity index is 1050. The van der Waals surface area contributed by atoms with Crippen LogP contribution in [-0.4, -0.2) is 64.3 Å². The summed E-state index contributed by atoms with van der Waals surface area (Å²) in [4.78, 5) is 43.0. The lowest BCUT2D eigenvalue weighted by Gasteiger charge is -2.42. The number of hydrogen-bond donors (Lipinski definition) is 1. The highest BCUT2D eigenvalue weighted by atomic mass is 16.5. The SMILES string of the molecule is CCC(C)OC(=O)c1cccc(CN2CN(c3ccccc3)C3(CCN(C(=O)O)CC3)C2=O)c1. The van der Waals surface area contributed by atoms with Crippen molar-refractivity contribution < 1.29 is 24.2 Å². The second-order valence-corrected chi connectivity index (χ2v) is 9.03. The molecule has 0 radical (unpaired) electrons. The Kier molecular flexibility index (Phi) is 6.77. The van der Waals surface area contributed by atoms with Crippen molar-refractivity contribution in [2.75, 3.05) is 24.7 Å². The van der Waals surface area contributed by atoms with Crippen LogP contribution in [0.1, 0.15) is 49.0 Å². The average molecular weight is 466 g/mol. The molecule has 0 aliphatic carbocycles. The summed E-state index contributed by atoms with van der Waals surface area (Å²) in [7, 11) is 0. The third-order valence-corrected chi connectivity index (χ3v) is 6.86. The molecule has 2 heterocycles. The van der Waals surface area contributed by atoms with Crippen molar-refractivity contribution in [3.05, 3.63) is 65.7 Å². The molecule has 8 heteroatoms. The van der Waals surface area contributed by atoms with E-state index in [4.69, 9.17) is 4.74 Å². The molecular formula is C26H31N3O5. The van der Waals surface area contributed by atoms with Crippen LogP contribution in [0.2, 0.25) is 0 Å². The molecule has 34 heavy (non-hydrogen) atoms. The standard InChI is InChI=1S/C26H31N3O5/c1-3-19(2)34-23(30)21-9-7-8-20(16-21)17-28-18-29(22-10-5-4-6-11-22)26(24(28)31)12-14-27(15-13-26)25(32)33/h4-11,16,19H,3,12-15,17-18H2,1-2H3,(H,32,33). The van der Waals surface area contributed by atoms with Gasteiger partial charge in [0, 0.05) is 25.3 Å². The van der Waals surface area contributed by atoms with Crippen LogP contribution in [0.3, 0.4) is 0 Å². The first-order chi connectivity index (χ1) is 16.3. The summed E-state index contributed by atoms with van der Waals surface area (Å²) in [6.07, 6.45) is 0.497. The monoisotopic (exact) mass is 465 g/mol.